The monoisotopic (exact) mass is 465 g/mol. The van der Waals surface area contributed by atoms with E-state index in [0.717, 1.165) is 11.1 Å². The first-order valence-corrected chi connectivity index (χ1v) is 12.6. The van der Waals surface area contributed by atoms with Gasteiger partial charge in [0.05, 0.1) is 30.6 Å². The Morgan fingerprint density at radius 2 is 1.71 bits per heavy atom. The molecule has 0 atom stereocenters. The molecule has 0 N–H and O–H groups in total. The summed E-state index contributed by atoms with van der Waals surface area (Å²) in [6.45, 7) is 6.28. The minimum Gasteiger partial charge on any atom is -0.491 e. The second kappa shape index (κ2) is 9.59. The van der Waals surface area contributed by atoms with Crippen LogP contribution in [0, 0.1) is 5.41 Å². The number of hydrogen-bond acceptors (Lipinski definition) is 5. The molecule has 1 heterocycles. The van der Waals surface area contributed by atoms with Crippen LogP contribution in [0.4, 0.5) is 0 Å². The summed E-state index contributed by atoms with van der Waals surface area (Å²) in [5, 5.41) is 0.445. The number of benzene rings is 2. The van der Waals surface area contributed by atoms with Gasteiger partial charge in [0.2, 0.25) is 0 Å². The van der Waals surface area contributed by atoms with Gasteiger partial charge in [-0.3, -0.25) is 4.79 Å². The van der Waals surface area contributed by atoms with Crippen LogP contribution in [-0.2, 0) is 14.6 Å². The molecule has 168 valence electrons. The first-order valence-electron chi connectivity index (χ1n) is 10.1. The number of rotatable bonds is 7. The van der Waals surface area contributed by atoms with Crippen LogP contribution in [0.3, 0.4) is 0 Å². The SMILES string of the molecule is CC(C)(COc1ccc(-c2ccc(C(=O)N3CCOCC3)cc2)cc1Cl)CS(C)(=O)=O. The molecule has 1 aliphatic rings. The molecule has 3 rings (SSSR count). The Bertz CT molecular complexity index is 1030. The van der Waals surface area contributed by atoms with Crippen LogP contribution in [0.15, 0.2) is 42.5 Å². The fraction of sp³-hybridized carbons (Fsp3) is 0.435. The topological polar surface area (TPSA) is 72.9 Å². The number of ether oxygens (including phenoxy) is 2. The average molecular weight is 466 g/mol. The van der Waals surface area contributed by atoms with Gasteiger partial charge in [0, 0.05) is 30.3 Å². The molecule has 2 aromatic rings. The van der Waals surface area contributed by atoms with Gasteiger partial charge in [0.1, 0.15) is 15.6 Å². The number of nitrogens with zero attached hydrogens (tertiary/aromatic N) is 1. The summed E-state index contributed by atoms with van der Waals surface area (Å²) < 4.78 is 34.2. The highest BCUT2D eigenvalue weighted by atomic mass is 35.5. The Morgan fingerprint density at radius 1 is 1.10 bits per heavy atom. The van der Waals surface area contributed by atoms with Crippen molar-refractivity contribution in [1.82, 2.24) is 4.90 Å². The van der Waals surface area contributed by atoms with Gasteiger partial charge < -0.3 is 14.4 Å². The molecule has 0 spiro atoms. The van der Waals surface area contributed by atoms with Gasteiger partial charge in [-0.25, -0.2) is 8.42 Å². The third kappa shape index (κ3) is 6.69. The molecule has 0 aliphatic carbocycles. The zero-order valence-corrected chi connectivity index (χ0v) is 19.6. The Hall–Kier alpha value is -2.09. The van der Waals surface area contributed by atoms with Gasteiger partial charge in [0.25, 0.3) is 5.91 Å². The van der Waals surface area contributed by atoms with Crippen LogP contribution in [0.5, 0.6) is 5.75 Å². The Labute approximate surface area is 189 Å². The maximum absolute atomic E-state index is 12.6. The van der Waals surface area contributed by atoms with E-state index in [1.807, 2.05) is 44.2 Å². The van der Waals surface area contributed by atoms with Gasteiger partial charge >= 0.3 is 0 Å². The smallest absolute Gasteiger partial charge is 0.254 e. The van der Waals surface area contributed by atoms with E-state index < -0.39 is 15.3 Å². The van der Waals surface area contributed by atoms with Crippen molar-refractivity contribution in [1.29, 1.82) is 0 Å². The lowest BCUT2D eigenvalue weighted by atomic mass is 9.98. The number of sulfone groups is 1. The summed E-state index contributed by atoms with van der Waals surface area (Å²) in [7, 11) is -3.10. The quantitative estimate of drug-likeness (QED) is 0.619. The first kappa shape index (κ1) is 23.6. The molecule has 1 amide bonds. The summed E-state index contributed by atoms with van der Waals surface area (Å²) in [5.74, 6) is 0.546. The van der Waals surface area contributed by atoms with Crippen molar-refractivity contribution in [3.8, 4) is 16.9 Å². The summed E-state index contributed by atoms with van der Waals surface area (Å²) in [4.78, 5) is 14.4. The van der Waals surface area contributed by atoms with E-state index >= 15 is 0 Å². The minimum atomic E-state index is -3.10. The highest BCUT2D eigenvalue weighted by Gasteiger charge is 2.25. The third-order valence-electron chi connectivity index (χ3n) is 4.97. The number of halogens is 1. The number of hydrogen-bond donors (Lipinski definition) is 0. The van der Waals surface area contributed by atoms with E-state index in [1.165, 1.54) is 6.26 Å². The number of amides is 1. The second-order valence-corrected chi connectivity index (χ2v) is 11.2. The maximum atomic E-state index is 12.6. The lowest BCUT2D eigenvalue weighted by molar-refractivity contribution is 0.0303. The predicted molar refractivity (Wildman–Crippen MR) is 123 cm³/mol. The molecule has 0 unspecified atom stereocenters. The zero-order chi connectivity index (χ0) is 22.6. The maximum Gasteiger partial charge on any atom is 0.254 e. The molecule has 0 aromatic heterocycles. The van der Waals surface area contributed by atoms with Crippen LogP contribution in [-0.4, -0.2) is 64.1 Å². The van der Waals surface area contributed by atoms with E-state index in [-0.39, 0.29) is 18.3 Å². The summed E-state index contributed by atoms with van der Waals surface area (Å²) in [6.07, 6.45) is 1.22. The number of morpholine rings is 1. The minimum absolute atomic E-state index is 0.00772. The van der Waals surface area contributed by atoms with Crippen molar-refractivity contribution in [2.75, 3.05) is 44.9 Å². The average Bonchev–Trinajstić information content (AvgIpc) is 2.71. The van der Waals surface area contributed by atoms with Crippen LogP contribution < -0.4 is 4.74 Å². The second-order valence-electron chi connectivity index (χ2n) is 8.65. The van der Waals surface area contributed by atoms with Gasteiger partial charge in [-0.1, -0.05) is 43.6 Å². The molecule has 0 radical (unpaired) electrons. The van der Waals surface area contributed by atoms with Crippen molar-refractivity contribution >= 4 is 27.3 Å². The first-order chi connectivity index (χ1) is 14.5. The highest BCUT2D eigenvalue weighted by molar-refractivity contribution is 7.90. The third-order valence-corrected chi connectivity index (χ3v) is 6.57. The van der Waals surface area contributed by atoms with Crippen LogP contribution in [0.25, 0.3) is 11.1 Å². The lowest BCUT2D eigenvalue weighted by Crippen LogP contribution is -2.40. The van der Waals surface area contributed by atoms with Gasteiger partial charge in [-0.15, -0.1) is 0 Å². The molecular weight excluding hydrogens is 438 g/mol. The van der Waals surface area contributed by atoms with Crippen molar-refractivity contribution in [2.24, 2.45) is 5.41 Å². The summed E-state index contributed by atoms with van der Waals surface area (Å²) >= 11 is 6.41. The summed E-state index contributed by atoms with van der Waals surface area (Å²) in [5.41, 5.74) is 1.95. The Balaban J connectivity index is 1.67. The molecular formula is C23H28ClNO5S. The lowest BCUT2D eigenvalue weighted by Gasteiger charge is -2.26. The Morgan fingerprint density at radius 3 is 2.29 bits per heavy atom. The molecule has 2 aromatic carbocycles. The molecule has 0 saturated carbocycles. The van der Waals surface area contributed by atoms with Crippen LogP contribution in [0.2, 0.25) is 5.02 Å². The van der Waals surface area contributed by atoms with E-state index in [1.54, 1.807) is 17.0 Å². The molecule has 1 saturated heterocycles. The fourth-order valence-corrected chi connectivity index (χ4v) is 5.31. The van der Waals surface area contributed by atoms with Crippen molar-refractivity contribution in [3.05, 3.63) is 53.1 Å². The normalized spacial score (nSPS) is 15.0. The Kier molecular flexibility index (Phi) is 7.29. The molecule has 1 aliphatic heterocycles. The standard InChI is InChI=1S/C23H28ClNO5S/c1-23(2,16-31(3,27)28)15-30-21-9-8-19(14-20(21)24)17-4-6-18(7-5-17)22(26)25-10-12-29-13-11-25/h4-9,14H,10-13,15-16H2,1-3H3. The van der Waals surface area contributed by atoms with Crippen LogP contribution in [0.1, 0.15) is 24.2 Å². The summed E-state index contributed by atoms with van der Waals surface area (Å²) in [6, 6.07) is 12.9. The van der Waals surface area contributed by atoms with Crippen molar-refractivity contribution in [3.63, 3.8) is 0 Å². The molecule has 0 bridgehead atoms. The van der Waals surface area contributed by atoms with E-state index in [9.17, 15) is 13.2 Å². The molecule has 1 fully saturated rings. The van der Waals surface area contributed by atoms with Gasteiger partial charge in [0.15, 0.2) is 0 Å². The largest absolute Gasteiger partial charge is 0.491 e. The van der Waals surface area contributed by atoms with E-state index in [2.05, 4.69) is 0 Å². The van der Waals surface area contributed by atoms with Gasteiger partial charge in [-0.2, -0.15) is 0 Å². The molecule has 6 nitrogen and oxygen atoms in total. The highest BCUT2D eigenvalue weighted by Crippen LogP contribution is 2.32. The van der Waals surface area contributed by atoms with Crippen molar-refractivity contribution < 1.29 is 22.7 Å². The van der Waals surface area contributed by atoms with Crippen LogP contribution >= 0.6 is 11.6 Å². The fourth-order valence-electron chi connectivity index (χ4n) is 3.58. The molecule has 31 heavy (non-hydrogen) atoms. The van der Waals surface area contributed by atoms with Crippen molar-refractivity contribution in [2.45, 2.75) is 13.8 Å². The number of carbonyl (C=O) groups is 1. The van der Waals surface area contributed by atoms with E-state index in [4.69, 9.17) is 21.1 Å². The predicted octanol–water partition coefficient (Wildman–Crippen LogP) is 3.93. The zero-order valence-electron chi connectivity index (χ0n) is 18.1. The molecule has 8 heteroatoms. The number of carbonyl (C=O) groups excluding carboxylic acids is 1. The van der Waals surface area contributed by atoms with Gasteiger partial charge in [-0.05, 0) is 35.4 Å². The van der Waals surface area contributed by atoms with E-state index in [0.29, 0.717) is 42.6 Å².